The van der Waals surface area contributed by atoms with Gasteiger partial charge >= 0.3 is 0 Å². The molecule has 2 saturated heterocycles. The Morgan fingerprint density at radius 3 is 2.56 bits per heavy atom. The predicted molar refractivity (Wildman–Crippen MR) is 151 cm³/mol. The van der Waals surface area contributed by atoms with Gasteiger partial charge in [-0.3, -0.25) is 14.5 Å². The Hall–Kier alpha value is -4.33. The second-order valence-corrected chi connectivity index (χ2v) is 11.5. The van der Waals surface area contributed by atoms with Crippen LogP contribution in [0, 0.1) is 0 Å². The molecule has 3 aromatic heterocycles. The fourth-order valence-corrected chi connectivity index (χ4v) is 6.12. The SMILES string of the molecule is COc1ncc(-c2ccc3nc(N)c(C(=O)N4CCC5(CC4)OCCO5)cc3c2)cc1NS(=O)(=O)c1cccnc1. The van der Waals surface area contributed by atoms with Gasteiger partial charge in [-0.1, -0.05) is 6.07 Å². The number of amides is 1. The van der Waals surface area contributed by atoms with Crippen LogP contribution >= 0.6 is 0 Å². The number of carbonyl (C=O) groups is 1. The van der Waals surface area contributed by atoms with Crippen LogP contribution in [0.5, 0.6) is 5.88 Å². The van der Waals surface area contributed by atoms with E-state index in [0.29, 0.717) is 61.2 Å². The number of nitrogens with one attached hydrogen (secondary N) is 1. The van der Waals surface area contributed by atoms with Gasteiger partial charge in [-0.05, 0) is 42.0 Å². The fourth-order valence-electron chi connectivity index (χ4n) is 5.10. The molecule has 3 N–H and O–H groups in total. The Kier molecular flexibility index (Phi) is 6.93. The van der Waals surface area contributed by atoms with Gasteiger partial charge in [-0.15, -0.1) is 0 Å². The van der Waals surface area contributed by atoms with E-state index in [4.69, 9.17) is 19.9 Å². The maximum Gasteiger partial charge on any atom is 0.263 e. The number of methoxy groups -OCH3 is 1. The van der Waals surface area contributed by atoms with Gasteiger partial charge in [-0.2, -0.15) is 0 Å². The Balaban J connectivity index is 1.29. The van der Waals surface area contributed by atoms with Crippen LogP contribution in [0.2, 0.25) is 0 Å². The zero-order chi connectivity index (χ0) is 28.6. The molecule has 2 aliphatic rings. The molecule has 212 valence electrons. The molecule has 0 bridgehead atoms. The summed E-state index contributed by atoms with van der Waals surface area (Å²) in [5.41, 5.74) is 8.67. The first kappa shape index (κ1) is 26.9. The summed E-state index contributed by atoms with van der Waals surface area (Å²) in [4.78, 5) is 27.8. The Labute approximate surface area is 236 Å². The summed E-state index contributed by atoms with van der Waals surface area (Å²) in [6.45, 7) is 2.12. The van der Waals surface area contributed by atoms with Gasteiger partial charge in [0, 0.05) is 55.5 Å². The Bertz CT molecular complexity index is 1720. The van der Waals surface area contributed by atoms with E-state index in [1.807, 2.05) is 12.1 Å². The highest BCUT2D eigenvalue weighted by molar-refractivity contribution is 7.92. The lowest BCUT2D eigenvalue weighted by molar-refractivity contribution is -0.181. The molecule has 1 spiro atoms. The number of nitrogens with two attached hydrogens (primary N) is 1. The zero-order valence-electron chi connectivity index (χ0n) is 22.2. The van der Waals surface area contributed by atoms with Crippen LogP contribution in [-0.4, -0.2) is 73.4 Å². The number of anilines is 2. The number of hydrogen-bond acceptors (Lipinski definition) is 10. The molecule has 0 aliphatic carbocycles. The molecule has 1 aromatic carbocycles. The number of nitrogen functional groups attached to an aromatic ring is 1. The molecule has 1 amide bonds. The number of piperidine rings is 1. The summed E-state index contributed by atoms with van der Waals surface area (Å²) in [6.07, 6.45) is 5.52. The number of pyridine rings is 3. The Morgan fingerprint density at radius 2 is 1.85 bits per heavy atom. The van der Waals surface area contributed by atoms with E-state index in [2.05, 4.69) is 19.7 Å². The molecule has 5 heterocycles. The van der Waals surface area contributed by atoms with Crippen LogP contribution in [0.1, 0.15) is 23.2 Å². The quantitative estimate of drug-likeness (QED) is 0.349. The second kappa shape index (κ2) is 10.6. The smallest absolute Gasteiger partial charge is 0.263 e. The van der Waals surface area contributed by atoms with Crippen LogP contribution in [-0.2, 0) is 19.5 Å². The molecule has 0 saturated carbocycles. The highest BCUT2D eigenvalue weighted by Crippen LogP contribution is 2.34. The van der Waals surface area contributed by atoms with Crippen molar-refractivity contribution < 1.29 is 27.4 Å². The number of sulfonamides is 1. The lowest BCUT2D eigenvalue weighted by Crippen LogP contribution is -2.47. The van der Waals surface area contributed by atoms with Gasteiger partial charge in [0.25, 0.3) is 15.9 Å². The van der Waals surface area contributed by atoms with E-state index >= 15 is 0 Å². The standard InChI is InChI=1S/C28H28N6O6S/c1-38-26-24(33-41(36,37)21-3-2-8-30-17-21)15-20(16-31-26)18-4-5-23-19(13-18)14-22(25(29)32-23)27(35)34-9-6-28(7-10-34)39-11-12-40-28/h2-5,8,13-17,33H,6-7,9-12H2,1H3,(H2,29,32). The lowest BCUT2D eigenvalue weighted by atomic mass is 10.0. The maximum absolute atomic E-state index is 13.4. The van der Waals surface area contributed by atoms with Crippen LogP contribution in [0.3, 0.4) is 0 Å². The summed E-state index contributed by atoms with van der Waals surface area (Å²) in [5.74, 6) is -0.521. The Morgan fingerprint density at radius 1 is 1.07 bits per heavy atom. The maximum atomic E-state index is 13.4. The summed E-state index contributed by atoms with van der Waals surface area (Å²) in [5, 5.41) is 0.698. The van der Waals surface area contributed by atoms with Gasteiger partial charge in [-0.25, -0.2) is 18.4 Å². The van der Waals surface area contributed by atoms with Crippen molar-refractivity contribution in [3.8, 4) is 17.0 Å². The average Bonchev–Trinajstić information content (AvgIpc) is 3.44. The molecule has 41 heavy (non-hydrogen) atoms. The van der Waals surface area contributed by atoms with Crippen molar-refractivity contribution in [2.24, 2.45) is 0 Å². The van der Waals surface area contributed by atoms with Crippen molar-refractivity contribution in [2.75, 3.05) is 43.9 Å². The zero-order valence-corrected chi connectivity index (χ0v) is 23.1. The lowest BCUT2D eigenvalue weighted by Gasteiger charge is -2.37. The summed E-state index contributed by atoms with van der Waals surface area (Å²) in [7, 11) is -2.52. The minimum absolute atomic E-state index is 0.00573. The molecule has 6 rings (SSSR count). The molecule has 0 radical (unpaired) electrons. The van der Waals surface area contributed by atoms with E-state index in [1.54, 1.807) is 29.3 Å². The number of aromatic nitrogens is 3. The van der Waals surface area contributed by atoms with E-state index in [-0.39, 0.29) is 28.2 Å². The first-order valence-electron chi connectivity index (χ1n) is 13.0. The molecule has 2 fully saturated rings. The van der Waals surface area contributed by atoms with Gasteiger partial charge in [0.15, 0.2) is 5.79 Å². The third-order valence-corrected chi connectivity index (χ3v) is 8.62. The van der Waals surface area contributed by atoms with Crippen molar-refractivity contribution in [1.82, 2.24) is 19.9 Å². The third kappa shape index (κ3) is 5.26. The van der Waals surface area contributed by atoms with Crippen LogP contribution in [0.4, 0.5) is 11.5 Å². The topological polar surface area (TPSA) is 159 Å². The van der Waals surface area contributed by atoms with Crippen molar-refractivity contribution in [3.05, 3.63) is 66.6 Å². The van der Waals surface area contributed by atoms with Crippen LogP contribution < -0.4 is 15.2 Å². The van der Waals surface area contributed by atoms with Gasteiger partial charge < -0.3 is 24.8 Å². The normalized spacial score (nSPS) is 16.7. The van der Waals surface area contributed by atoms with Crippen LogP contribution in [0.15, 0.2) is 66.0 Å². The number of carbonyl (C=O) groups excluding carboxylic acids is 1. The van der Waals surface area contributed by atoms with Crippen molar-refractivity contribution in [2.45, 2.75) is 23.5 Å². The summed E-state index contributed by atoms with van der Waals surface area (Å²) >= 11 is 0. The van der Waals surface area contributed by atoms with Crippen LogP contribution in [0.25, 0.3) is 22.0 Å². The number of fused-ring (bicyclic) bond motifs is 1. The molecule has 4 aromatic rings. The van der Waals surface area contributed by atoms with Crippen molar-refractivity contribution >= 4 is 38.3 Å². The highest BCUT2D eigenvalue weighted by atomic mass is 32.2. The van der Waals surface area contributed by atoms with Gasteiger partial charge in [0.2, 0.25) is 5.88 Å². The number of likely N-dealkylation sites (tertiary alicyclic amines) is 1. The summed E-state index contributed by atoms with van der Waals surface area (Å²) in [6, 6.07) is 11.8. The molecule has 0 atom stereocenters. The van der Waals surface area contributed by atoms with E-state index in [0.717, 1.165) is 5.56 Å². The van der Waals surface area contributed by atoms with Gasteiger partial charge in [0.05, 0.1) is 31.4 Å². The number of nitrogens with zero attached hydrogens (tertiary/aromatic N) is 4. The first-order valence-corrected chi connectivity index (χ1v) is 14.5. The summed E-state index contributed by atoms with van der Waals surface area (Å²) < 4.78 is 45.2. The molecule has 13 heteroatoms. The molecular formula is C28H28N6O6S. The fraction of sp³-hybridized carbons (Fsp3) is 0.286. The minimum Gasteiger partial charge on any atom is -0.480 e. The van der Waals surface area contributed by atoms with Crippen molar-refractivity contribution in [1.29, 1.82) is 0 Å². The number of ether oxygens (including phenoxy) is 3. The van der Waals surface area contributed by atoms with E-state index in [9.17, 15) is 13.2 Å². The van der Waals surface area contributed by atoms with Crippen molar-refractivity contribution in [3.63, 3.8) is 0 Å². The predicted octanol–water partition coefficient (Wildman–Crippen LogP) is 3.06. The van der Waals surface area contributed by atoms with E-state index in [1.165, 1.54) is 31.6 Å². The number of hydrogen-bond donors (Lipinski definition) is 2. The highest BCUT2D eigenvalue weighted by Gasteiger charge is 2.41. The first-order chi connectivity index (χ1) is 19.8. The molecule has 2 aliphatic heterocycles. The largest absolute Gasteiger partial charge is 0.480 e. The van der Waals surface area contributed by atoms with Gasteiger partial charge in [0.1, 0.15) is 16.4 Å². The third-order valence-electron chi connectivity index (χ3n) is 7.27. The second-order valence-electron chi connectivity index (χ2n) is 9.80. The molecule has 0 unspecified atom stereocenters. The minimum atomic E-state index is -3.93. The molecular weight excluding hydrogens is 548 g/mol. The average molecular weight is 577 g/mol. The van der Waals surface area contributed by atoms with E-state index < -0.39 is 15.8 Å². The number of rotatable bonds is 6. The monoisotopic (exact) mass is 576 g/mol. The number of benzene rings is 1. The molecule has 12 nitrogen and oxygen atoms in total.